The molecular formula is C22H25FN6O2. The molecule has 0 aliphatic heterocycles. The summed E-state index contributed by atoms with van der Waals surface area (Å²) < 4.78 is 26.9. The molecule has 0 saturated carbocycles. The zero-order valence-corrected chi connectivity index (χ0v) is 18.0. The first kappa shape index (κ1) is 22.2. The molecule has 0 fully saturated rings. The van der Waals surface area contributed by atoms with Crippen molar-refractivity contribution >= 4 is 11.6 Å². The number of halogens is 1. The van der Waals surface area contributed by atoms with Gasteiger partial charge in [-0.3, -0.25) is 4.68 Å². The van der Waals surface area contributed by atoms with Gasteiger partial charge < -0.3 is 14.8 Å². The van der Waals surface area contributed by atoms with Gasteiger partial charge in [-0.25, -0.2) is 14.4 Å². The summed E-state index contributed by atoms with van der Waals surface area (Å²) in [5.74, 6) is -0.0396. The molecule has 0 radical (unpaired) electrons. The topological polar surface area (TPSA) is 97.9 Å². The third-order valence-corrected chi connectivity index (χ3v) is 4.48. The number of nitrogens with zero attached hydrogens (tertiary/aromatic N) is 5. The fourth-order valence-electron chi connectivity index (χ4n) is 2.71. The third kappa shape index (κ3) is 5.77. The number of benzene rings is 1. The van der Waals surface area contributed by atoms with Crippen molar-refractivity contribution in [3.05, 3.63) is 48.2 Å². The second kappa shape index (κ2) is 9.53. The molecule has 0 amide bonds. The van der Waals surface area contributed by atoms with Gasteiger partial charge in [0.15, 0.2) is 11.6 Å². The van der Waals surface area contributed by atoms with Crippen LogP contribution in [-0.4, -0.2) is 40.1 Å². The van der Waals surface area contributed by atoms with Crippen molar-refractivity contribution in [1.82, 2.24) is 19.7 Å². The normalized spacial score (nSPS) is 11.2. The summed E-state index contributed by atoms with van der Waals surface area (Å²) in [5.41, 5.74) is 2.04. The van der Waals surface area contributed by atoms with E-state index in [1.807, 2.05) is 13.1 Å². The highest BCUT2D eigenvalue weighted by Gasteiger charge is 2.19. The largest absolute Gasteiger partial charge is 0.489 e. The molecule has 162 valence electrons. The highest BCUT2D eigenvalue weighted by Crippen LogP contribution is 2.28. The first-order valence-corrected chi connectivity index (χ1v) is 9.77. The maximum atomic E-state index is 14.6. The number of rotatable bonds is 9. The highest BCUT2D eigenvalue weighted by molar-refractivity contribution is 5.65. The van der Waals surface area contributed by atoms with Gasteiger partial charge in [-0.1, -0.05) is 0 Å². The van der Waals surface area contributed by atoms with E-state index in [0.29, 0.717) is 30.4 Å². The molecule has 8 nitrogen and oxygen atoms in total. The Labute approximate surface area is 180 Å². The minimum absolute atomic E-state index is 0.0957. The first-order chi connectivity index (χ1) is 14.8. The number of ether oxygens (including phenoxy) is 2. The molecule has 31 heavy (non-hydrogen) atoms. The van der Waals surface area contributed by atoms with Crippen molar-refractivity contribution in [2.24, 2.45) is 5.41 Å². The number of nitriles is 1. The Morgan fingerprint density at radius 3 is 2.81 bits per heavy atom. The van der Waals surface area contributed by atoms with E-state index in [9.17, 15) is 4.39 Å². The molecule has 0 bridgehead atoms. The van der Waals surface area contributed by atoms with Crippen molar-refractivity contribution in [2.75, 3.05) is 25.6 Å². The quantitative estimate of drug-likeness (QED) is 0.552. The number of aryl methyl sites for hydroxylation is 1. The standard InChI is InChI=1S/C22H25FN6O2/c1-15-10-25-21(27-17-11-26-29(12-17)7-8-30-4)28-20(15)16-5-6-19(18(23)9-16)31-14-22(2,3)13-24/h5-6,9-12H,7-8,14H2,1-4H3,(H,25,27,28). The van der Waals surface area contributed by atoms with Crippen LogP contribution in [0, 0.1) is 29.5 Å². The van der Waals surface area contributed by atoms with Gasteiger partial charge in [-0.2, -0.15) is 10.4 Å². The Balaban J connectivity index is 1.77. The summed E-state index contributed by atoms with van der Waals surface area (Å²) in [6.45, 7) is 6.62. The van der Waals surface area contributed by atoms with E-state index in [0.717, 1.165) is 11.3 Å². The minimum Gasteiger partial charge on any atom is -0.489 e. The second-order valence-corrected chi connectivity index (χ2v) is 7.76. The lowest BCUT2D eigenvalue weighted by Gasteiger charge is -2.17. The molecule has 0 atom stereocenters. The fraction of sp³-hybridized carbons (Fsp3) is 0.364. The number of nitrogens with one attached hydrogen (secondary N) is 1. The molecule has 0 spiro atoms. The van der Waals surface area contributed by atoms with E-state index >= 15 is 0 Å². The Kier molecular flexibility index (Phi) is 6.82. The van der Waals surface area contributed by atoms with Crippen LogP contribution in [0.3, 0.4) is 0 Å². The Bertz CT molecular complexity index is 1090. The average molecular weight is 424 g/mol. The lowest BCUT2D eigenvalue weighted by atomic mass is 9.98. The molecule has 0 aliphatic carbocycles. The van der Waals surface area contributed by atoms with Crippen molar-refractivity contribution in [1.29, 1.82) is 5.26 Å². The van der Waals surface area contributed by atoms with Crippen LogP contribution in [0.1, 0.15) is 19.4 Å². The monoisotopic (exact) mass is 424 g/mol. The van der Waals surface area contributed by atoms with Gasteiger partial charge in [-0.05, 0) is 44.5 Å². The van der Waals surface area contributed by atoms with Gasteiger partial charge in [0, 0.05) is 25.1 Å². The summed E-state index contributed by atoms with van der Waals surface area (Å²) in [7, 11) is 1.64. The third-order valence-electron chi connectivity index (χ3n) is 4.48. The average Bonchev–Trinajstić information content (AvgIpc) is 3.20. The second-order valence-electron chi connectivity index (χ2n) is 7.76. The number of hydrogen-bond donors (Lipinski definition) is 1. The van der Waals surface area contributed by atoms with Gasteiger partial charge >= 0.3 is 0 Å². The molecule has 0 saturated heterocycles. The van der Waals surface area contributed by atoms with Gasteiger partial charge in [0.2, 0.25) is 5.95 Å². The molecule has 0 aliphatic rings. The zero-order valence-electron chi connectivity index (χ0n) is 18.0. The Hall–Kier alpha value is -3.51. The number of methoxy groups -OCH3 is 1. The molecule has 0 unspecified atom stereocenters. The van der Waals surface area contributed by atoms with Crippen molar-refractivity contribution in [2.45, 2.75) is 27.3 Å². The van der Waals surface area contributed by atoms with Gasteiger partial charge in [0.1, 0.15) is 6.61 Å². The molecule has 9 heteroatoms. The van der Waals surface area contributed by atoms with Crippen LogP contribution < -0.4 is 10.1 Å². The number of hydrogen-bond acceptors (Lipinski definition) is 7. The van der Waals surface area contributed by atoms with Crippen molar-refractivity contribution in [3.63, 3.8) is 0 Å². The lowest BCUT2D eigenvalue weighted by molar-refractivity contribution is 0.183. The summed E-state index contributed by atoms with van der Waals surface area (Å²) in [4.78, 5) is 8.85. The minimum atomic E-state index is -0.702. The number of anilines is 2. The van der Waals surface area contributed by atoms with E-state index in [1.165, 1.54) is 6.07 Å². The van der Waals surface area contributed by atoms with E-state index < -0.39 is 11.2 Å². The van der Waals surface area contributed by atoms with Crippen molar-refractivity contribution < 1.29 is 13.9 Å². The molecule has 3 aromatic rings. The Morgan fingerprint density at radius 2 is 2.10 bits per heavy atom. The molecule has 1 aromatic carbocycles. The van der Waals surface area contributed by atoms with Crippen LogP contribution in [-0.2, 0) is 11.3 Å². The molecule has 2 aromatic heterocycles. The molecule has 3 rings (SSSR count). The van der Waals surface area contributed by atoms with E-state index in [2.05, 4.69) is 26.5 Å². The van der Waals surface area contributed by atoms with Gasteiger partial charge in [0.05, 0.1) is 42.2 Å². The predicted molar refractivity (Wildman–Crippen MR) is 114 cm³/mol. The summed E-state index contributed by atoms with van der Waals surface area (Å²) in [6, 6.07) is 6.79. The van der Waals surface area contributed by atoms with Gasteiger partial charge in [0.25, 0.3) is 0 Å². The van der Waals surface area contributed by atoms with Crippen LogP contribution in [0.4, 0.5) is 16.0 Å². The van der Waals surface area contributed by atoms with Crippen LogP contribution in [0.2, 0.25) is 0 Å². The highest BCUT2D eigenvalue weighted by atomic mass is 19.1. The van der Waals surface area contributed by atoms with Crippen LogP contribution in [0.15, 0.2) is 36.8 Å². The lowest BCUT2D eigenvalue weighted by Crippen LogP contribution is -2.19. The fourth-order valence-corrected chi connectivity index (χ4v) is 2.71. The smallest absolute Gasteiger partial charge is 0.227 e. The zero-order chi connectivity index (χ0) is 22.4. The molecule has 2 heterocycles. The van der Waals surface area contributed by atoms with E-state index in [4.69, 9.17) is 14.7 Å². The number of aromatic nitrogens is 4. The van der Waals surface area contributed by atoms with Crippen LogP contribution in [0.5, 0.6) is 5.75 Å². The van der Waals surface area contributed by atoms with Crippen LogP contribution in [0.25, 0.3) is 11.3 Å². The summed E-state index contributed by atoms with van der Waals surface area (Å²) in [5, 5.41) is 16.4. The maximum absolute atomic E-state index is 14.6. The van der Waals surface area contributed by atoms with Crippen LogP contribution >= 0.6 is 0 Å². The van der Waals surface area contributed by atoms with Crippen molar-refractivity contribution in [3.8, 4) is 23.1 Å². The maximum Gasteiger partial charge on any atom is 0.227 e. The van der Waals surface area contributed by atoms with Gasteiger partial charge in [-0.15, -0.1) is 0 Å². The first-order valence-electron chi connectivity index (χ1n) is 9.77. The molecule has 1 N–H and O–H groups in total. The predicted octanol–water partition coefficient (Wildman–Crippen LogP) is 4.11. The SMILES string of the molecule is COCCn1cc(Nc2ncc(C)c(-c3ccc(OCC(C)(C)C#N)c(F)c3)n2)cn1. The molecular weight excluding hydrogens is 399 g/mol. The Morgan fingerprint density at radius 1 is 1.29 bits per heavy atom. The van der Waals surface area contributed by atoms with E-state index in [1.54, 1.807) is 50.2 Å². The summed E-state index contributed by atoms with van der Waals surface area (Å²) in [6.07, 6.45) is 5.18. The van der Waals surface area contributed by atoms with E-state index in [-0.39, 0.29) is 12.4 Å². The summed E-state index contributed by atoms with van der Waals surface area (Å²) >= 11 is 0.